The number of carbonyl (C=O) groups excluding carboxylic acids is 5. The summed E-state index contributed by atoms with van der Waals surface area (Å²) in [5, 5.41) is 38.1. The van der Waals surface area contributed by atoms with Gasteiger partial charge in [-0.3, -0.25) is 39.6 Å². The quantitative estimate of drug-likeness (QED) is 0.0171. The van der Waals surface area contributed by atoms with Crippen LogP contribution >= 0.6 is 34.4 Å². The fourth-order valence-corrected chi connectivity index (χ4v) is 30.5. The third kappa shape index (κ3) is 66.2. The van der Waals surface area contributed by atoms with Gasteiger partial charge in [0.25, 0.3) is 0 Å². The first-order chi connectivity index (χ1) is 53.8. The van der Waals surface area contributed by atoms with Crippen LogP contribution in [-0.2, 0) is 24.0 Å². The molecule has 0 aromatic carbocycles. The van der Waals surface area contributed by atoms with Crippen LogP contribution < -0.4 is 10.6 Å². The van der Waals surface area contributed by atoms with E-state index in [-0.39, 0.29) is 57.1 Å². The molecular weight excluding hydrogens is 1460 g/mol. The van der Waals surface area contributed by atoms with Crippen molar-refractivity contribution in [2.24, 2.45) is 0 Å². The molecule has 0 heterocycles. The van der Waals surface area contributed by atoms with E-state index in [1.807, 2.05) is 0 Å². The first kappa shape index (κ1) is 110. The minimum Gasteiger partial charge on any atom is -0.356 e. The van der Waals surface area contributed by atoms with Gasteiger partial charge in [-0.05, 0) is 51.4 Å². The monoisotopic (exact) mass is 1650 g/mol. The topological polar surface area (TPSA) is 183 Å². The SMILES string of the molecule is CCCCCCCCP(Cl)(CCCCCCCC)(CCCCCCCC)CCCCCCCCCCN(CCCCCCCCCCP(Cl)(CCCCCCCC)(CCCCCCCC)CCCCCCCC)CCCCCN(O)C(=O)CCC(=O)NCCCCCN(O)C(=O)CCC(=O)NCCCCCN(O)C(C)=O. The predicted molar refractivity (Wildman–Crippen MR) is 487 cm³/mol. The van der Waals surface area contributed by atoms with E-state index in [1.54, 1.807) is 0 Å². The fraction of sp³-hybridized carbons (Fsp3) is 0.946. The van der Waals surface area contributed by atoms with Crippen LogP contribution in [0.3, 0.4) is 0 Å². The van der Waals surface area contributed by atoms with Crippen LogP contribution in [0.15, 0.2) is 0 Å². The molecule has 0 bridgehead atoms. The minimum atomic E-state index is -2.30. The summed E-state index contributed by atoms with van der Waals surface area (Å²) in [5.74, 6) is -6.53. The number of nitrogens with zero attached hydrogens (tertiary/aromatic N) is 4. The molecule has 0 unspecified atom stereocenters. The number of unbranched alkanes of at least 4 members (excludes halogenated alkanes) is 50. The van der Waals surface area contributed by atoms with Crippen molar-refractivity contribution in [3.63, 3.8) is 0 Å². The molecule has 0 spiro atoms. The summed E-state index contributed by atoms with van der Waals surface area (Å²) >= 11 is 16.8. The molecule has 662 valence electrons. The number of carbonyl (C=O) groups is 5. The van der Waals surface area contributed by atoms with Crippen LogP contribution in [0.2, 0.25) is 0 Å². The smallest absolute Gasteiger partial charge is 0.356 e. The second kappa shape index (κ2) is 76.1. The van der Waals surface area contributed by atoms with E-state index in [9.17, 15) is 39.6 Å². The summed E-state index contributed by atoms with van der Waals surface area (Å²) in [6.45, 7) is 20.0. The Bertz CT molecular complexity index is 1990. The summed E-state index contributed by atoms with van der Waals surface area (Å²) in [4.78, 5) is 64.0. The van der Waals surface area contributed by atoms with Gasteiger partial charge in [-0.2, -0.15) is 0 Å². The molecule has 0 aliphatic carbocycles. The number of rotatable bonds is 88. The Balaban J connectivity index is 5.53. The van der Waals surface area contributed by atoms with Gasteiger partial charge in [0.2, 0.25) is 29.5 Å². The molecule has 0 aliphatic heterocycles. The average Bonchev–Trinajstić information content (AvgIpc) is 0.794. The molecule has 0 saturated carbocycles. The Kier molecular flexibility index (Phi) is 75.1. The number of hydrogen-bond donors (Lipinski definition) is 5. The maximum atomic E-state index is 12.9. The van der Waals surface area contributed by atoms with Gasteiger partial charge >= 0.3 is 484 Å². The number of halogens is 2. The maximum absolute atomic E-state index is 12.9. The van der Waals surface area contributed by atoms with Crippen molar-refractivity contribution in [1.82, 2.24) is 30.7 Å². The first-order valence-corrected chi connectivity index (χ1v) is 56.2. The van der Waals surface area contributed by atoms with Crippen molar-refractivity contribution in [3.8, 4) is 0 Å². The Morgan fingerprint density at radius 2 is 0.423 bits per heavy atom. The molecule has 0 aromatic heterocycles. The van der Waals surface area contributed by atoms with Crippen LogP contribution in [0.1, 0.15) is 466 Å². The van der Waals surface area contributed by atoms with Gasteiger partial charge in [-0.1, -0.05) is 6.42 Å². The number of amides is 5. The summed E-state index contributed by atoms with van der Waals surface area (Å²) in [5.41, 5.74) is 0. The molecule has 0 saturated heterocycles. The zero-order valence-corrected chi connectivity index (χ0v) is 77.9. The van der Waals surface area contributed by atoms with E-state index in [4.69, 9.17) is 22.5 Å². The van der Waals surface area contributed by atoms with Crippen LogP contribution in [0.5, 0.6) is 0 Å². The second-order valence-electron chi connectivity index (χ2n) is 35.1. The molecule has 0 atom stereocenters. The molecule has 14 nitrogen and oxygen atoms in total. The van der Waals surface area contributed by atoms with Crippen LogP contribution in [0, 0.1) is 0 Å². The van der Waals surface area contributed by atoms with Crippen molar-refractivity contribution in [2.75, 3.05) is 102 Å². The molecular formula is C93H188Cl2N6O8P2. The third-order valence-electron chi connectivity index (χ3n) is 24.5. The number of nitrogens with one attached hydrogen (secondary N) is 2. The minimum absolute atomic E-state index is 0.00956. The number of hydrogen-bond acceptors (Lipinski definition) is 9. The van der Waals surface area contributed by atoms with Gasteiger partial charge in [0.15, 0.2) is 0 Å². The van der Waals surface area contributed by atoms with Gasteiger partial charge in [-0.25, -0.2) is 15.2 Å². The van der Waals surface area contributed by atoms with Gasteiger partial charge in [0.1, 0.15) is 0 Å². The van der Waals surface area contributed by atoms with E-state index < -0.39 is 29.6 Å². The molecule has 0 aromatic rings. The van der Waals surface area contributed by atoms with E-state index in [0.29, 0.717) is 61.7 Å². The van der Waals surface area contributed by atoms with Gasteiger partial charge in [-0.15, -0.1) is 0 Å². The van der Waals surface area contributed by atoms with E-state index in [2.05, 4.69) is 57.1 Å². The van der Waals surface area contributed by atoms with E-state index >= 15 is 0 Å². The second-order valence-corrected chi connectivity index (χ2v) is 51.7. The molecule has 18 heteroatoms. The molecule has 0 fully saturated rings. The summed E-state index contributed by atoms with van der Waals surface area (Å²) in [7, 11) is 0. The summed E-state index contributed by atoms with van der Waals surface area (Å²) in [6.07, 6.45) is 87.0. The van der Waals surface area contributed by atoms with Crippen LogP contribution in [0.25, 0.3) is 0 Å². The summed E-state index contributed by atoms with van der Waals surface area (Å²) in [6, 6.07) is 0. The molecule has 0 aliphatic rings. The Labute approximate surface area is 697 Å². The Morgan fingerprint density at radius 3 is 0.649 bits per heavy atom. The molecule has 111 heavy (non-hydrogen) atoms. The van der Waals surface area contributed by atoms with Crippen LogP contribution in [0.4, 0.5) is 0 Å². The van der Waals surface area contributed by atoms with E-state index in [1.165, 1.54) is 390 Å². The van der Waals surface area contributed by atoms with Gasteiger partial charge in [0, 0.05) is 65.3 Å². The average molecular weight is 1650 g/mol. The molecule has 5 amide bonds. The molecule has 0 rings (SSSR count). The number of hydroxylamine groups is 6. The Morgan fingerprint density at radius 1 is 0.243 bits per heavy atom. The van der Waals surface area contributed by atoms with Crippen LogP contribution in [-0.4, -0.2) is 167 Å². The first-order valence-electron chi connectivity index (χ1n) is 48.4. The zero-order chi connectivity index (χ0) is 81.8. The zero-order valence-electron chi connectivity index (χ0n) is 74.6. The van der Waals surface area contributed by atoms with Crippen molar-refractivity contribution in [1.29, 1.82) is 0 Å². The molecule has 5 N–H and O–H groups in total. The summed E-state index contributed by atoms with van der Waals surface area (Å²) < 4.78 is 0. The van der Waals surface area contributed by atoms with Crippen molar-refractivity contribution < 1.29 is 39.6 Å². The normalized spacial score (nSPS) is 12.7. The van der Waals surface area contributed by atoms with Gasteiger partial charge in [0.05, 0.1) is 0 Å². The standard InChI is InChI=1S/C93H188Cl2N6O8P2/c1-8-14-20-26-42-61-81-110(94,82-62-43-27-21-15-9-2,83-63-44-28-22-16-10-3)87-67-48-38-34-32-36-40-55-75-98(76-56-41-37-33-35-39-49-68-88-111(95,84-64-45-29-23-17-11-4,85-65-46-30-24-18-12-5)86-66-47-31-25-19-13-6)77-57-52-60-80-101(109)93(106)72-70-91(104)97-74-54-51-59-79-100(108)92(105)71-69-90(103)96-73-53-50-58-78-99(107)89(7)102/h107-109H,8-88H2,1-7H3,(H,96,103)(H,97,104). The van der Waals surface area contributed by atoms with Crippen molar-refractivity contribution in [2.45, 2.75) is 466 Å². The molecule has 0 radical (unpaired) electrons. The Hall–Kier alpha value is -1.37. The fourth-order valence-electron chi connectivity index (χ4n) is 16.8. The van der Waals surface area contributed by atoms with Crippen molar-refractivity contribution >= 4 is 63.9 Å². The van der Waals surface area contributed by atoms with E-state index in [0.717, 1.165) is 44.0 Å². The predicted octanol–water partition coefficient (Wildman–Crippen LogP) is 28.1. The third-order valence-corrected chi connectivity index (χ3v) is 40.0. The van der Waals surface area contributed by atoms with Gasteiger partial charge < -0.3 is 10.6 Å². The van der Waals surface area contributed by atoms with Crippen molar-refractivity contribution in [3.05, 3.63) is 0 Å².